The van der Waals surface area contributed by atoms with Gasteiger partial charge in [-0.15, -0.1) is 11.3 Å². The molecule has 0 aliphatic heterocycles. The first-order valence-electron chi connectivity index (χ1n) is 10.4. The van der Waals surface area contributed by atoms with Crippen LogP contribution in [0.1, 0.15) is 16.0 Å². The molecule has 34 heavy (non-hydrogen) atoms. The lowest BCUT2D eigenvalue weighted by Gasteiger charge is -2.11. The molecule has 2 aromatic heterocycles. The molecule has 0 aliphatic rings. The minimum atomic E-state index is -0.300. The van der Waals surface area contributed by atoms with Gasteiger partial charge in [0.1, 0.15) is 24.5 Å². The third kappa shape index (κ3) is 5.18. The van der Waals surface area contributed by atoms with Gasteiger partial charge in [0.05, 0.1) is 20.1 Å². The highest BCUT2D eigenvalue weighted by Gasteiger charge is 2.10. The van der Waals surface area contributed by atoms with Crippen LogP contribution in [0.5, 0.6) is 5.75 Å². The van der Waals surface area contributed by atoms with Gasteiger partial charge in [-0.3, -0.25) is 0 Å². The van der Waals surface area contributed by atoms with E-state index < -0.39 is 0 Å². The molecule has 0 fully saturated rings. The van der Waals surface area contributed by atoms with E-state index in [1.807, 2.05) is 42.5 Å². The first kappa shape index (κ1) is 21.9. The van der Waals surface area contributed by atoms with Crippen LogP contribution in [-0.2, 0) is 6.61 Å². The molecule has 0 unspecified atom stereocenters. The fourth-order valence-electron chi connectivity index (χ4n) is 3.28. The van der Waals surface area contributed by atoms with Crippen LogP contribution in [0, 0.1) is 17.7 Å². The molecule has 0 bridgehead atoms. The molecule has 5 rings (SSSR count). The third-order valence-corrected chi connectivity index (χ3v) is 6.23. The summed E-state index contributed by atoms with van der Waals surface area (Å²) >= 11 is 7.95. The molecular weight excluding hydrogens is 469 g/mol. The molecule has 5 aromatic rings. The summed E-state index contributed by atoms with van der Waals surface area (Å²) in [6.45, 7) is 0.221. The highest BCUT2D eigenvalue weighted by molar-refractivity contribution is 7.20. The zero-order chi connectivity index (χ0) is 23.3. The van der Waals surface area contributed by atoms with Gasteiger partial charge in [-0.2, -0.15) is 0 Å². The zero-order valence-corrected chi connectivity index (χ0v) is 19.3. The van der Waals surface area contributed by atoms with Crippen LogP contribution in [0.4, 0.5) is 15.9 Å². The van der Waals surface area contributed by atoms with Gasteiger partial charge in [0.25, 0.3) is 0 Å². The number of halogens is 2. The van der Waals surface area contributed by atoms with Crippen LogP contribution in [-0.4, -0.2) is 9.97 Å². The summed E-state index contributed by atoms with van der Waals surface area (Å²) in [6, 6.07) is 23.5. The summed E-state index contributed by atoms with van der Waals surface area (Å²) < 4.78 is 20.0. The predicted molar refractivity (Wildman–Crippen MR) is 135 cm³/mol. The van der Waals surface area contributed by atoms with E-state index in [0.717, 1.165) is 31.9 Å². The number of thiophene rings is 1. The van der Waals surface area contributed by atoms with Crippen molar-refractivity contribution in [2.75, 3.05) is 5.32 Å². The van der Waals surface area contributed by atoms with Crippen molar-refractivity contribution < 1.29 is 9.13 Å². The summed E-state index contributed by atoms with van der Waals surface area (Å²) in [5.74, 6) is 7.26. The monoisotopic (exact) mass is 485 g/mol. The van der Waals surface area contributed by atoms with E-state index in [-0.39, 0.29) is 12.4 Å². The number of rotatable bonds is 5. The Labute approximate surface area is 205 Å². The molecule has 0 aliphatic carbocycles. The lowest BCUT2D eigenvalue weighted by molar-refractivity contribution is 0.306. The Kier molecular flexibility index (Phi) is 6.39. The predicted octanol–water partition coefficient (Wildman–Crippen LogP) is 7.21. The van der Waals surface area contributed by atoms with Crippen molar-refractivity contribution in [3.63, 3.8) is 0 Å². The Morgan fingerprint density at radius 3 is 2.65 bits per heavy atom. The van der Waals surface area contributed by atoms with Crippen LogP contribution in [0.15, 0.2) is 85.2 Å². The number of benzene rings is 3. The van der Waals surface area contributed by atoms with Crippen molar-refractivity contribution in [1.82, 2.24) is 9.97 Å². The fourth-order valence-corrected chi connectivity index (χ4v) is 4.42. The molecular formula is C27H17ClFN3OS. The van der Waals surface area contributed by atoms with Crippen molar-refractivity contribution in [3.8, 4) is 17.6 Å². The lowest BCUT2D eigenvalue weighted by atomic mass is 10.2. The Morgan fingerprint density at radius 1 is 0.941 bits per heavy atom. The van der Waals surface area contributed by atoms with Gasteiger partial charge in [-0.05, 0) is 54.1 Å². The molecule has 4 nitrogen and oxygen atoms in total. The van der Waals surface area contributed by atoms with Crippen molar-refractivity contribution in [2.24, 2.45) is 0 Å². The topological polar surface area (TPSA) is 47.0 Å². The molecule has 3 aromatic carbocycles. The largest absolute Gasteiger partial charge is 0.487 e. The Bertz CT molecular complexity index is 1530. The standard InChI is InChI=1S/C27H17ClFN3OS/c28-23-14-21(10-12-25(23)33-16-19-7-4-8-20(29)13-19)32-27-26-24(30-17-31-27)15-22(34-26)11-9-18-5-2-1-3-6-18/h1-8,10,12-15,17H,16H2,(H,30,31,32). The van der Waals surface area contributed by atoms with E-state index >= 15 is 0 Å². The van der Waals surface area contributed by atoms with E-state index in [1.54, 1.807) is 24.3 Å². The van der Waals surface area contributed by atoms with Gasteiger partial charge in [-0.25, -0.2) is 14.4 Å². The van der Waals surface area contributed by atoms with Crippen LogP contribution < -0.4 is 10.1 Å². The van der Waals surface area contributed by atoms with E-state index in [2.05, 4.69) is 27.1 Å². The van der Waals surface area contributed by atoms with E-state index in [0.29, 0.717) is 16.6 Å². The zero-order valence-electron chi connectivity index (χ0n) is 17.8. The number of ether oxygens (including phenoxy) is 1. The van der Waals surface area contributed by atoms with Crippen molar-refractivity contribution in [3.05, 3.63) is 112 Å². The molecule has 0 atom stereocenters. The number of fused-ring (bicyclic) bond motifs is 1. The quantitative estimate of drug-likeness (QED) is 0.267. The molecule has 0 amide bonds. The lowest BCUT2D eigenvalue weighted by Crippen LogP contribution is -1.98. The molecule has 2 heterocycles. The second-order valence-corrected chi connectivity index (χ2v) is 8.81. The molecule has 7 heteroatoms. The number of nitrogens with zero attached hydrogens (tertiary/aromatic N) is 2. The summed E-state index contributed by atoms with van der Waals surface area (Å²) in [6.07, 6.45) is 1.52. The maximum Gasteiger partial charge on any atom is 0.151 e. The van der Waals surface area contributed by atoms with E-state index in [1.165, 1.54) is 29.8 Å². The maximum atomic E-state index is 13.4. The second-order valence-electron chi connectivity index (χ2n) is 7.35. The third-order valence-electron chi connectivity index (χ3n) is 4.89. The van der Waals surface area contributed by atoms with Crippen molar-refractivity contribution >= 4 is 44.7 Å². The fraction of sp³-hybridized carbons (Fsp3) is 0.0370. The number of aromatic nitrogens is 2. The summed E-state index contributed by atoms with van der Waals surface area (Å²) in [5.41, 5.74) is 3.26. The highest BCUT2D eigenvalue weighted by atomic mass is 35.5. The molecule has 0 saturated heterocycles. The highest BCUT2D eigenvalue weighted by Crippen LogP contribution is 2.33. The first-order valence-corrected chi connectivity index (χ1v) is 11.6. The Hall–Kier alpha value is -3.92. The Balaban J connectivity index is 1.33. The van der Waals surface area contributed by atoms with Crippen LogP contribution >= 0.6 is 22.9 Å². The average molecular weight is 486 g/mol. The summed E-state index contributed by atoms with van der Waals surface area (Å²) in [5, 5.41) is 3.74. The van der Waals surface area contributed by atoms with Crippen molar-refractivity contribution in [2.45, 2.75) is 6.61 Å². The smallest absolute Gasteiger partial charge is 0.151 e. The minimum Gasteiger partial charge on any atom is -0.487 e. The van der Waals surface area contributed by atoms with Gasteiger partial charge in [-0.1, -0.05) is 53.8 Å². The van der Waals surface area contributed by atoms with Gasteiger partial charge in [0.15, 0.2) is 5.82 Å². The molecule has 166 valence electrons. The van der Waals surface area contributed by atoms with E-state index in [4.69, 9.17) is 16.3 Å². The van der Waals surface area contributed by atoms with Crippen molar-refractivity contribution in [1.29, 1.82) is 0 Å². The summed E-state index contributed by atoms with van der Waals surface area (Å²) in [7, 11) is 0. The molecule has 1 N–H and O–H groups in total. The molecule has 0 spiro atoms. The average Bonchev–Trinajstić information content (AvgIpc) is 3.27. The minimum absolute atomic E-state index is 0.221. The van der Waals surface area contributed by atoms with Gasteiger partial charge in [0.2, 0.25) is 0 Å². The van der Waals surface area contributed by atoms with Gasteiger partial charge in [0, 0.05) is 11.3 Å². The summed E-state index contributed by atoms with van der Waals surface area (Å²) in [4.78, 5) is 9.67. The van der Waals surface area contributed by atoms with Crippen LogP contribution in [0.2, 0.25) is 5.02 Å². The molecule has 0 saturated carbocycles. The first-order chi connectivity index (χ1) is 16.6. The Morgan fingerprint density at radius 2 is 1.82 bits per heavy atom. The van der Waals surface area contributed by atoms with Gasteiger partial charge < -0.3 is 10.1 Å². The normalized spacial score (nSPS) is 10.5. The maximum absolute atomic E-state index is 13.4. The van der Waals surface area contributed by atoms with Crippen LogP contribution in [0.25, 0.3) is 10.2 Å². The molecule has 0 radical (unpaired) electrons. The van der Waals surface area contributed by atoms with Gasteiger partial charge >= 0.3 is 0 Å². The van der Waals surface area contributed by atoms with E-state index in [9.17, 15) is 4.39 Å². The number of hydrogen-bond acceptors (Lipinski definition) is 5. The SMILES string of the molecule is Fc1cccc(COc2ccc(Nc3ncnc4cc(C#Cc5ccccc5)sc34)cc2Cl)c1. The number of nitrogens with one attached hydrogen (secondary N) is 1. The number of hydrogen-bond donors (Lipinski definition) is 1. The van der Waals surface area contributed by atoms with Crippen LogP contribution in [0.3, 0.4) is 0 Å². The second kappa shape index (κ2) is 9.92. The number of anilines is 2.